The maximum absolute atomic E-state index is 13.5. The van der Waals surface area contributed by atoms with E-state index in [1.807, 2.05) is 0 Å². The molecule has 1 unspecified atom stereocenters. The molecule has 1 atom stereocenters. The van der Waals surface area contributed by atoms with Gasteiger partial charge < -0.3 is 10.1 Å². The molecule has 3 aromatic rings. The van der Waals surface area contributed by atoms with Gasteiger partial charge in [-0.3, -0.25) is 4.79 Å². The average Bonchev–Trinajstić information content (AvgIpc) is 3.60. The highest BCUT2D eigenvalue weighted by Gasteiger charge is 2.46. The van der Waals surface area contributed by atoms with Gasteiger partial charge in [0.1, 0.15) is 11.0 Å². The Morgan fingerprint density at radius 1 is 1.19 bits per heavy atom. The molecule has 2 N–H and O–H groups in total. The second-order valence-corrected chi connectivity index (χ2v) is 10.4. The minimum atomic E-state index is -4.89. The van der Waals surface area contributed by atoms with Crippen molar-refractivity contribution in [1.82, 2.24) is 20.4 Å². The number of amides is 1. The number of ether oxygens (including phenoxy) is 1. The number of aromatic nitrogens is 4. The van der Waals surface area contributed by atoms with Crippen LogP contribution in [-0.2, 0) is 21.3 Å². The van der Waals surface area contributed by atoms with E-state index in [2.05, 4.69) is 31.8 Å². The van der Waals surface area contributed by atoms with Crippen molar-refractivity contribution in [2.45, 2.75) is 36.3 Å². The second kappa shape index (κ2) is 8.83. The largest absolute Gasteiger partial charge is 0.435 e. The first-order valence-corrected chi connectivity index (χ1v) is 12.3. The van der Waals surface area contributed by atoms with Crippen LogP contribution in [0.1, 0.15) is 40.2 Å². The van der Waals surface area contributed by atoms with Crippen molar-refractivity contribution in [3.05, 3.63) is 58.9 Å². The predicted molar refractivity (Wildman–Crippen MR) is 120 cm³/mol. The Morgan fingerprint density at radius 3 is 2.47 bits per heavy atom. The van der Waals surface area contributed by atoms with Crippen LogP contribution in [-0.4, -0.2) is 36.8 Å². The zero-order valence-corrected chi connectivity index (χ0v) is 19.7. The molecule has 0 radical (unpaired) electrons. The van der Waals surface area contributed by atoms with Gasteiger partial charge in [-0.05, 0) is 49.6 Å². The molecule has 0 aliphatic heterocycles. The summed E-state index contributed by atoms with van der Waals surface area (Å²) in [6.07, 6.45) is -2.41. The molecule has 1 aliphatic carbocycles. The third-order valence-corrected chi connectivity index (χ3v) is 6.67. The number of nitrogens with one attached hydrogen (secondary N) is 2. The number of carbonyl (C=O) groups excluding carboxylic acids is 1. The van der Waals surface area contributed by atoms with Crippen molar-refractivity contribution >= 4 is 21.3 Å². The monoisotopic (exact) mass is 517 g/mol. The number of nitrogens with zero attached hydrogens (tertiary/aromatic N) is 5. The Bertz CT molecular complexity index is 1500. The molecule has 1 aliphatic rings. The molecule has 2 aromatic heterocycles. The van der Waals surface area contributed by atoms with E-state index >= 15 is 0 Å². The second-order valence-electron chi connectivity index (χ2n) is 8.23. The summed E-state index contributed by atoms with van der Waals surface area (Å²) < 4.78 is 65.7. The maximum atomic E-state index is 13.5. The highest BCUT2D eigenvalue weighted by atomic mass is 32.2. The smallest absolute Gasteiger partial charge is 0.417 e. The van der Waals surface area contributed by atoms with Crippen molar-refractivity contribution < 1.29 is 26.9 Å². The fraction of sp³-hybridized carbons (Fsp3) is 0.273. The summed E-state index contributed by atoms with van der Waals surface area (Å²) in [7, 11) is -3.10. The molecule has 1 amide bonds. The van der Waals surface area contributed by atoms with Crippen molar-refractivity contribution in [3.8, 4) is 17.8 Å². The van der Waals surface area contributed by atoms with E-state index < -0.39 is 49.9 Å². The number of alkyl halides is 3. The van der Waals surface area contributed by atoms with Crippen LogP contribution >= 0.6 is 0 Å². The lowest BCUT2D eigenvalue weighted by Crippen LogP contribution is -2.21. The lowest BCUT2D eigenvalue weighted by Gasteiger charge is -2.16. The normalized spacial score (nSPS) is 15.9. The molecule has 0 bridgehead atoms. The van der Waals surface area contributed by atoms with Crippen molar-refractivity contribution in [2.24, 2.45) is 0 Å². The Labute approximate surface area is 203 Å². The van der Waals surface area contributed by atoms with Crippen LogP contribution in [0.4, 0.5) is 18.9 Å². The molecule has 186 valence electrons. The first-order valence-electron chi connectivity index (χ1n) is 10.4. The highest BCUT2D eigenvalue weighted by Crippen LogP contribution is 2.46. The predicted octanol–water partition coefficient (Wildman–Crippen LogP) is 4.23. The van der Waals surface area contributed by atoms with Gasteiger partial charge >= 0.3 is 6.18 Å². The van der Waals surface area contributed by atoms with E-state index in [0.29, 0.717) is 18.5 Å². The highest BCUT2D eigenvalue weighted by molar-refractivity contribution is 7.91. The SMILES string of the molecule is Cc1c(C(F)(F)F)nnc(Oc2ccc(C3(C#N)CC3)nn2)c1C(=O)Nc1cccc(S(C)(=N)=O)c1. The summed E-state index contributed by atoms with van der Waals surface area (Å²) in [6, 6.07) is 10.6. The van der Waals surface area contributed by atoms with Gasteiger partial charge in [-0.1, -0.05) is 6.07 Å². The van der Waals surface area contributed by atoms with Crippen LogP contribution < -0.4 is 10.1 Å². The zero-order chi connectivity index (χ0) is 26.3. The molecule has 2 heterocycles. The van der Waals surface area contributed by atoms with E-state index in [4.69, 9.17) is 9.52 Å². The van der Waals surface area contributed by atoms with Crippen molar-refractivity contribution in [1.29, 1.82) is 10.0 Å². The Balaban J connectivity index is 1.70. The van der Waals surface area contributed by atoms with Gasteiger partial charge in [-0.25, -0.2) is 8.99 Å². The first-order chi connectivity index (χ1) is 16.8. The summed E-state index contributed by atoms with van der Waals surface area (Å²) in [5, 5.41) is 26.2. The third kappa shape index (κ3) is 4.96. The molecular formula is C22H18F3N7O3S. The van der Waals surface area contributed by atoms with Crippen molar-refractivity contribution in [2.75, 3.05) is 11.6 Å². The molecule has 0 spiro atoms. The number of halogens is 3. The number of benzene rings is 1. The lowest BCUT2D eigenvalue weighted by atomic mass is 10.1. The van der Waals surface area contributed by atoms with Gasteiger partial charge in [0.15, 0.2) is 5.69 Å². The van der Waals surface area contributed by atoms with E-state index in [-0.39, 0.29) is 16.5 Å². The number of carbonyl (C=O) groups is 1. The summed E-state index contributed by atoms with van der Waals surface area (Å²) in [4.78, 5) is 13.2. The van der Waals surface area contributed by atoms with Gasteiger partial charge in [0, 0.05) is 22.9 Å². The molecule has 1 fully saturated rings. The van der Waals surface area contributed by atoms with Crippen LogP contribution in [0.2, 0.25) is 0 Å². The van der Waals surface area contributed by atoms with Gasteiger partial charge in [0.25, 0.3) is 11.8 Å². The van der Waals surface area contributed by atoms with Crippen LogP contribution in [0.3, 0.4) is 0 Å². The maximum Gasteiger partial charge on any atom is 0.435 e. The molecule has 14 heteroatoms. The number of hydrogen-bond donors (Lipinski definition) is 2. The number of hydrogen-bond acceptors (Lipinski definition) is 9. The van der Waals surface area contributed by atoms with Crippen molar-refractivity contribution in [3.63, 3.8) is 0 Å². The molecule has 10 nitrogen and oxygen atoms in total. The minimum absolute atomic E-state index is 0.102. The van der Waals surface area contributed by atoms with E-state index in [9.17, 15) is 27.4 Å². The molecule has 1 saturated carbocycles. The molecule has 0 saturated heterocycles. The number of nitriles is 1. The van der Waals surface area contributed by atoms with Crippen LogP contribution in [0.5, 0.6) is 11.8 Å². The van der Waals surface area contributed by atoms with Gasteiger partial charge in [-0.15, -0.1) is 15.3 Å². The van der Waals surface area contributed by atoms with Gasteiger partial charge in [0.05, 0.1) is 21.5 Å². The first kappa shape index (κ1) is 25.0. The topological polar surface area (TPSA) is 155 Å². The zero-order valence-electron chi connectivity index (χ0n) is 18.9. The minimum Gasteiger partial charge on any atom is -0.417 e. The average molecular weight is 517 g/mol. The van der Waals surface area contributed by atoms with Crippen LogP contribution in [0.25, 0.3) is 0 Å². The lowest BCUT2D eigenvalue weighted by molar-refractivity contribution is -0.142. The third-order valence-electron chi connectivity index (χ3n) is 5.52. The standard InChI is InChI=1S/C22H18F3N7O3S/c1-12-17(19(33)28-13-4-3-5-14(10-13)36(2,27)34)20(32-31-18(12)22(23,24)25)35-16-7-6-15(29-30-16)21(11-26)8-9-21/h3-7,10,27H,8-9H2,1-2H3,(H,28,33). The van der Waals surface area contributed by atoms with Crippen LogP contribution in [0, 0.1) is 23.0 Å². The quantitative estimate of drug-likeness (QED) is 0.492. The molecule has 1 aromatic carbocycles. The number of rotatable bonds is 6. The molecule has 4 rings (SSSR count). The fourth-order valence-electron chi connectivity index (χ4n) is 3.40. The molecule has 36 heavy (non-hydrogen) atoms. The van der Waals surface area contributed by atoms with Gasteiger partial charge in [0.2, 0.25) is 5.88 Å². The Kier molecular flexibility index (Phi) is 6.13. The Hall–Kier alpha value is -4.12. The summed E-state index contributed by atoms with van der Waals surface area (Å²) >= 11 is 0. The number of anilines is 1. The van der Waals surface area contributed by atoms with E-state index in [1.54, 1.807) is 0 Å². The molecular weight excluding hydrogens is 499 g/mol. The fourth-order valence-corrected chi connectivity index (χ4v) is 4.09. The summed E-state index contributed by atoms with van der Waals surface area (Å²) in [5.74, 6) is -1.71. The van der Waals surface area contributed by atoms with Crippen LogP contribution in [0.15, 0.2) is 41.3 Å². The summed E-state index contributed by atoms with van der Waals surface area (Å²) in [6.45, 7) is 1.05. The van der Waals surface area contributed by atoms with E-state index in [0.717, 1.165) is 6.92 Å². The summed E-state index contributed by atoms with van der Waals surface area (Å²) in [5.41, 5.74) is -2.62. The van der Waals surface area contributed by atoms with Gasteiger partial charge in [-0.2, -0.15) is 23.5 Å². The Morgan fingerprint density at radius 2 is 1.92 bits per heavy atom. The van der Waals surface area contributed by atoms with E-state index in [1.165, 1.54) is 42.7 Å².